The van der Waals surface area contributed by atoms with E-state index in [1.165, 1.54) is 6.92 Å². The molecule has 0 spiro atoms. The predicted molar refractivity (Wildman–Crippen MR) is 63.8 cm³/mol. The number of ketones is 1. The first kappa shape index (κ1) is 11.0. The van der Waals surface area contributed by atoms with Crippen LogP contribution >= 0.6 is 15.9 Å². The number of halogens is 1. The quantitative estimate of drug-likeness (QED) is 0.794. The minimum atomic E-state index is 0.0147. The summed E-state index contributed by atoms with van der Waals surface area (Å²) in [5.41, 5.74) is 1.44. The number of carbonyl (C=O) groups excluding carboxylic acids is 1. The summed E-state index contributed by atoms with van der Waals surface area (Å²) in [4.78, 5) is 15.5. The van der Waals surface area contributed by atoms with E-state index in [1.54, 1.807) is 17.1 Å². The number of pyridine rings is 1. The van der Waals surface area contributed by atoms with Crippen molar-refractivity contribution in [1.82, 2.24) is 14.8 Å². The highest BCUT2D eigenvalue weighted by Crippen LogP contribution is 2.14. The second-order valence-corrected chi connectivity index (χ2v) is 4.36. The van der Waals surface area contributed by atoms with Gasteiger partial charge in [-0.25, -0.2) is 9.67 Å². The average molecular weight is 280 g/mol. The molecule has 4 nitrogen and oxygen atoms in total. The van der Waals surface area contributed by atoms with Crippen LogP contribution in [-0.4, -0.2) is 20.5 Å². The Morgan fingerprint density at radius 2 is 2.12 bits per heavy atom. The van der Waals surface area contributed by atoms with E-state index in [1.807, 2.05) is 19.1 Å². The summed E-state index contributed by atoms with van der Waals surface area (Å²) in [6.45, 7) is 3.39. The Kier molecular flexibility index (Phi) is 2.87. The summed E-state index contributed by atoms with van der Waals surface area (Å²) in [6.07, 6.45) is 3.27. The van der Waals surface area contributed by atoms with Crippen molar-refractivity contribution in [3.63, 3.8) is 0 Å². The van der Waals surface area contributed by atoms with Crippen molar-refractivity contribution >= 4 is 21.7 Å². The van der Waals surface area contributed by atoms with E-state index in [2.05, 4.69) is 26.0 Å². The van der Waals surface area contributed by atoms with Gasteiger partial charge in [-0.1, -0.05) is 0 Å². The zero-order chi connectivity index (χ0) is 11.7. The van der Waals surface area contributed by atoms with Gasteiger partial charge in [-0.15, -0.1) is 0 Å². The van der Waals surface area contributed by atoms with E-state index in [-0.39, 0.29) is 5.78 Å². The zero-order valence-corrected chi connectivity index (χ0v) is 10.5. The standard InChI is InChI=1S/C11H10BrN3O/c1-7-10(8(2)16)6-14-15(7)11-4-3-9(12)5-13-11/h3-6H,1-2H3. The molecule has 0 unspecified atom stereocenters. The zero-order valence-electron chi connectivity index (χ0n) is 8.94. The maximum Gasteiger partial charge on any atom is 0.163 e. The molecule has 0 saturated carbocycles. The first-order valence-electron chi connectivity index (χ1n) is 4.77. The minimum Gasteiger partial charge on any atom is -0.294 e. The van der Waals surface area contributed by atoms with Gasteiger partial charge in [0.1, 0.15) is 0 Å². The van der Waals surface area contributed by atoms with Gasteiger partial charge in [0, 0.05) is 10.7 Å². The molecule has 16 heavy (non-hydrogen) atoms. The Labute approximate surface area is 101 Å². The van der Waals surface area contributed by atoms with Gasteiger partial charge in [0.2, 0.25) is 0 Å². The van der Waals surface area contributed by atoms with Crippen LogP contribution in [0.25, 0.3) is 5.82 Å². The van der Waals surface area contributed by atoms with Crippen molar-refractivity contribution < 1.29 is 4.79 Å². The Bertz CT molecular complexity index is 531. The topological polar surface area (TPSA) is 47.8 Å². The lowest BCUT2D eigenvalue weighted by molar-refractivity contribution is 0.101. The molecule has 82 valence electrons. The SMILES string of the molecule is CC(=O)c1cnn(-c2ccc(Br)cn2)c1C. The summed E-state index contributed by atoms with van der Waals surface area (Å²) in [7, 11) is 0. The number of hydrogen-bond donors (Lipinski definition) is 0. The van der Waals surface area contributed by atoms with Crippen LogP contribution < -0.4 is 0 Å². The molecule has 0 fully saturated rings. The number of nitrogens with zero attached hydrogens (tertiary/aromatic N) is 3. The van der Waals surface area contributed by atoms with Crippen LogP contribution in [0.15, 0.2) is 29.0 Å². The second kappa shape index (κ2) is 4.17. The van der Waals surface area contributed by atoms with Crippen LogP contribution in [0.3, 0.4) is 0 Å². The molecule has 0 aliphatic heterocycles. The maximum atomic E-state index is 11.3. The normalized spacial score (nSPS) is 10.4. The molecular formula is C11H10BrN3O. The van der Waals surface area contributed by atoms with Crippen LogP contribution in [0.4, 0.5) is 0 Å². The van der Waals surface area contributed by atoms with E-state index >= 15 is 0 Å². The van der Waals surface area contributed by atoms with E-state index in [9.17, 15) is 4.79 Å². The fourth-order valence-electron chi connectivity index (χ4n) is 1.48. The first-order valence-corrected chi connectivity index (χ1v) is 5.56. The van der Waals surface area contributed by atoms with Crippen molar-refractivity contribution in [2.24, 2.45) is 0 Å². The molecule has 0 atom stereocenters. The van der Waals surface area contributed by atoms with Gasteiger partial charge in [-0.05, 0) is 41.9 Å². The number of rotatable bonds is 2. The third-order valence-electron chi connectivity index (χ3n) is 2.32. The van der Waals surface area contributed by atoms with Crippen molar-refractivity contribution in [1.29, 1.82) is 0 Å². The Balaban J connectivity index is 2.49. The minimum absolute atomic E-state index is 0.0147. The van der Waals surface area contributed by atoms with Gasteiger partial charge < -0.3 is 0 Å². The lowest BCUT2D eigenvalue weighted by atomic mass is 10.2. The summed E-state index contributed by atoms with van der Waals surface area (Å²) in [5.74, 6) is 0.717. The Morgan fingerprint density at radius 1 is 1.38 bits per heavy atom. The van der Waals surface area contributed by atoms with Gasteiger partial charge in [-0.3, -0.25) is 4.79 Å². The molecule has 0 aliphatic rings. The predicted octanol–water partition coefficient (Wildman–Crippen LogP) is 2.54. The smallest absolute Gasteiger partial charge is 0.163 e. The van der Waals surface area contributed by atoms with Crippen molar-refractivity contribution in [3.05, 3.63) is 40.3 Å². The number of carbonyl (C=O) groups is 1. The second-order valence-electron chi connectivity index (χ2n) is 3.45. The van der Waals surface area contributed by atoms with Crippen molar-refractivity contribution in [2.75, 3.05) is 0 Å². The summed E-state index contributed by atoms with van der Waals surface area (Å²) >= 11 is 3.32. The Hall–Kier alpha value is -1.49. The highest BCUT2D eigenvalue weighted by atomic mass is 79.9. The van der Waals surface area contributed by atoms with Crippen LogP contribution in [-0.2, 0) is 0 Å². The highest BCUT2D eigenvalue weighted by molar-refractivity contribution is 9.10. The summed E-state index contributed by atoms with van der Waals surface area (Å²) in [6, 6.07) is 3.73. The molecule has 0 saturated heterocycles. The van der Waals surface area contributed by atoms with E-state index in [0.29, 0.717) is 11.4 Å². The molecule has 2 aromatic heterocycles. The number of aromatic nitrogens is 3. The number of hydrogen-bond acceptors (Lipinski definition) is 3. The first-order chi connectivity index (χ1) is 7.59. The van der Waals surface area contributed by atoms with Crippen molar-refractivity contribution in [3.8, 4) is 5.82 Å². The molecule has 2 heterocycles. The van der Waals surface area contributed by atoms with Crippen molar-refractivity contribution in [2.45, 2.75) is 13.8 Å². The molecule has 2 aromatic rings. The molecule has 2 rings (SSSR count). The lowest BCUT2D eigenvalue weighted by Gasteiger charge is -2.03. The van der Waals surface area contributed by atoms with Gasteiger partial charge in [-0.2, -0.15) is 5.10 Å². The lowest BCUT2D eigenvalue weighted by Crippen LogP contribution is -2.02. The maximum absolute atomic E-state index is 11.3. The molecule has 0 radical (unpaired) electrons. The molecule has 0 aromatic carbocycles. The van der Waals surface area contributed by atoms with Gasteiger partial charge in [0.15, 0.2) is 11.6 Å². The third-order valence-corrected chi connectivity index (χ3v) is 2.79. The van der Waals surface area contributed by atoms with E-state index in [4.69, 9.17) is 0 Å². The third kappa shape index (κ3) is 1.90. The van der Waals surface area contributed by atoms with Crippen LogP contribution in [0.2, 0.25) is 0 Å². The highest BCUT2D eigenvalue weighted by Gasteiger charge is 2.11. The van der Waals surface area contributed by atoms with Crippen LogP contribution in [0.1, 0.15) is 23.0 Å². The van der Waals surface area contributed by atoms with E-state index < -0.39 is 0 Å². The molecular weight excluding hydrogens is 270 g/mol. The molecule has 0 bridgehead atoms. The summed E-state index contributed by atoms with van der Waals surface area (Å²) in [5, 5.41) is 4.15. The largest absolute Gasteiger partial charge is 0.294 e. The number of Topliss-reactive ketones (excluding diaryl/α,β-unsaturated/α-hetero) is 1. The molecule has 0 amide bonds. The Morgan fingerprint density at radius 3 is 2.62 bits per heavy atom. The fraction of sp³-hybridized carbons (Fsp3) is 0.182. The monoisotopic (exact) mass is 279 g/mol. The molecule has 5 heteroatoms. The van der Waals surface area contributed by atoms with Gasteiger partial charge in [0.05, 0.1) is 17.5 Å². The van der Waals surface area contributed by atoms with Crippen LogP contribution in [0, 0.1) is 6.92 Å². The average Bonchev–Trinajstić information content (AvgIpc) is 2.61. The van der Waals surface area contributed by atoms with Crippen LogP contribution in [0.5, 0.6) is 0 Å². The van der Waals surface area contributed by atoms with E-state index in [0.717, 1.165) is 10.2 Å². The summed E-state index contributed by atoms with van der Waals surface area (Å²) < 4.78 is 2.57. The van der Waals surface area contributed by atoms with Gasteiger partial charge in [0.25, 0.3) is 0 Å². The molecule has 0 N–H and O–H groups in total. The van der Waals surface area contributed by atoms with Gasteiger partial charge >= 0.3 is 0 Å². The fourth-order valence-corrected chi connectivity index (χ4v) is 1.71. The molecule has 0 aliphatic carbocycles.